The van der Waals surface area contributed by atoms with Crippen molar-refractivity contribution in [2.24, 2.45) is 0 Å². The van der Waals surface area contributed by atoms with Gasteiger partial charge in [0, 0.05) is 22.8 Å². The number of ether oxygens (including phenoxy) is 1. The number of carbonyl (C=O) groups excluding carboxylic acids is 2. The molecule has 2 amide bonds. The van der Waals surface area contributed by atoms with Crippen LogP contribution >= 0.6 is 23.4 Å². The number of rotatable bonds is 10. The number of carbonyl (C=O) groups is 2. The number of aryl methyl sites for hydroxylation is 1. The average molecular weight is 500 g/mol. The van der Waals surface area contributed by atoms with Crippen molar-refractivity contribution in [2.45, 2.75) is 31.6 Å². The first-order valence-corrected chi connectivity index (χ1v) is 11.9. The van der Waals surface area contributed by atoms with E-state index >= 15 is 0 Å². The van der Waals surface area contributed by atoms with Crippen LogP contribution in [0.1, 0.15) is 34.7 Å². The SMILES string of the molecule is C=CCn1c(SCC(=O)Nc2cc(Cl)ccc2C)nnc1[C@H](C)NC(=O)c1ccc(OC)cc1. The molecule has 1 atom stereocenters. The van der Waals surface area contributed by atoms with Gasteiger partial charge in [0.05, 0.1) is 18.9 Å². The zero-order chi connectivity index (χ0) is 24.7. The Hall–Kier alpha value is -3.30. The number of benzene rings is 2. The summed E-state index contributed by atoms with van der Waals surface area (Å²) in [6, 6.07) is 11.8. The summed E-state index contributed by atoms with van der Waals surface area (Å²) in [5.41, 5.74) is 2.09. The van der Waals surface area contributed by atoms with Gasteiger partial charge >= 0.3 is 0 Å². The third kappa shape index (κ3) is 6.39. The smallest absolute Gasteiger partial charge is 0.251 e. The Bertz CT molecular complexity index is 1180. The molecule has 0 aliphatic carbocycles. The first kappa shape index (κ1) is 25.3. The summed E-state index contributed by atoms with van der Waals surface area (Å²) in [5.74, 6) is 0.940. The van der Waals surface area contributed by atoms with Gasteiger partial charge in [-0.15, -0.1) is 16.8 Å². The first-order valence-electron chi connectivity index (χ1n) is 10.5. The summed E-state index contributed by atoms with van der Waals surface area (Å²) in [6.07, 6.45) is 1.71. The van der Waals surface area contributed by atoms with Gasteiger partial charge in [-0.05, 0) is 55.8 Å². The number of allylic oxidation sites excluding steroid dienone is 1. The Morgan fingerprint density at radius 2 is 1.97 bits per heavy atom. The zero-order valence-electron chi connectivity index (χ0n) is 19.2. The van der Waals surface area contributed by atoms with Crippen molar-refractivity contribution in [3.8, 4) is 5.75 Å². The molecule has 2 N–H and O–H groups in total. The lowest BCUT2D eigenvalue weighted by Gasteiger charge is -2.15. The summed E-state index contributed by atoms with van der Waals surface area (Å²) in [4.78, 5) is 25.1. The monoisotopic (exact) mass is 499 g/mol. The molecule has 1 aromatic heterocycles. The van der Waals surface area contributed by atoms with E-state index in [9.17, 15) is 9.59 Å². The first-order chi connectivity index (χ1) is 16.3. The molecule has 0 aliphatic rings. The van der Waals surface area contributed by atoms with E-state index in [0.29, 0.717) is 39.5 Å². The number of thioether (sulfide) groups is 1. The van der Waals surface area contributed by atoms with Crippen molar-refractivity contribution < 1.29 is 14.3 Å². The minimum absolute atomic E-state index is 0.133. The van der Waals surface area contributed by atoms with Gasteiger partial charge in [-0.25, -0.2) is 0 Å². The molecular formula is C24H26ClN5O3S. The van der Waals surface area contributed by atoms with Crippen LogP contribution in [-0.2, 0) is 11.3 Å². The molecule has 10 heteroatoms. The van der Waals surface area contributed by atoms with Gasteiger partial charge < -0.3 is 19.9 Å². The highest BCUT2D eigenvalue weighted by atomic mass is 35.5. The van der Waals surface area contributed by atoms with Gasteiger partial charge in [0.1, 0.15) is 5.75 Å². The highest BCUT2D eigenvalue weighted by Gasteiger charge is 2.20. The molecule has 8 nitrogen and oxygen atoms in total. The molecule has 0 saturated heterocycles. The van der Waals surface area contributed by atoms with Crippen molar-refractivity contribution in [3.63, 3.8) is 0 Å². The fraction of sp³-hybridized carbons (Fsp3) is 0.250. The molecule has 3 rings (SSSR count). The number of methoxy groups -OCH3 is 1. The molecule has 0 bridgehead atoms. The molecule has 0 radical (unpaired) electrons. The molecule has 0 unspecified atom stereocenters. The Balaban J connectivity index is 1.66. The lowest BCUT2D eigenvalue weighted by atomic mass is 10.2. The van der Waals surface area contributed by atoms with Crippen molar-refractivity contribution in [1.82, 2.24) is 20.1 Å². The fourth-order valence-electron chi connectivity index (χ4n) is 3.16. The van der Waals surface area contributed by atoms with E-state index in [2.05, 4.69) is 27.4 Å². The Morgan fingerprint density at radius 3 is 2.65 bits per heavy atom. The Kier molecular flexibility index (Phi) is 8.72. The van der Waals surface area contributed by atoms with E-state index in [1.807, 2.05) is 24.5 Å². The molecule has 0 fully saturated rings. The zero-order valence-corrected chi connectivity index (χ0v) is 20.7. The van der Waals surface area contributed by atoms with E-state index < -0.39 is 6.04 Å². The fourth-order valence-corrected chi connectivity index (χ4v) is 4.09. The Morgan fingerprint density at radius 1 is 1.24 bits per heavy atom. The van der Waals surface area contributed by atoms with Crippen LogP contribution in [0.15, 0.2) is 60.3 Å². The maximum absolute atomic E-state index is 12.6. The van der Waals surface area contributed by atoms with Gasteiger partial charge in [-0.1, -0.05) is 35.5 Å². The van der Waals surface area contributed by atoms with Crippen LogP contribution in [-0.4, -0.2) is 39.4 Å². The van der Waals surface area contributed by atoms with Gasteiger partial charge in [-0.2, -0.15) is 0 Å². The Labute approximate surface area is 207 Å². The average Bonchev–Trinajstić information content (AvgIpc) is 3.23. The summed E-state index contributed by atoms with van der Waals surface area (Å²) < 4.78 is 6.96. The van der Waals surface area contributed by atoms with Crippen LogP contribution in [0, 0.1) is 6.92 Å². The van der Waals surface area contributed by atoms with Crippen LogP contribution in [0.25, 0.3) is 0 Å². The van der Waals surface area contributed by atoms with Gasteiger partial charge in [-0.3, -0.25) is 9.59 Å². The minimum atomic E-state index is -0.417. The second-order valence-corrected chi connectivity index (χ2v) is 8.84. The van der Waals surface area contributed by atoms with Crippen LogP contribution in [0.5, 0.6) is 5.75 Å². The molecule has 0 saturated carbocycles. The molecule has 0 aliphatic heterocycles. The van der Waals surface area contributed by atoms with Gasteiger partial charge in [0.15, 0.2) is 11.0 Å². The number of aromatic nitrogens is 3. The molecule has 0 spiro atoms. The largest absolute Gasteiger partial charge is 0.497 e. The highest BCUT2D eigenvalue weighted by Crippen LogP contribution is 2.23. The maximum atomic E-state index is 12.6. The number of hydrogen-bond acceptors (Lipinski definition) is 6. The van der Waals surface area contributed by atoms with Crippen LogP contribution < -0.4 is 15.4 Å². The predicted molar refractivity (Wildman–Crippen MR) is 135 cm³/mol. The lowest BCUT2D eigenvalue weighted by molar-refractivity contribution is -0.113. The number of anilines is 1. The van der Waals surface area contributed by atoms with E-state index in [1.165, 1.54) is 11.8 Å². The van der Waals surface area contributed by atoms with E-state index in [1.54, 1.807) is 49.6 Å². The van der Waals surface area contributed by atoms with Crippen LogP contribution in [0.3, 0.4) is 0 Å². The molecule has 178 valence electrons. The van der Waals surface area contributed by atoms with E-state index in [-0.39, 0.29) is 17.6 Å². The lowest BCUT2D eigenvalue weighted by Crippen LogP contribution is -2.28. The predicted octanol–water partition coefficient (Wildman–Crippen LogP) is 4.66. The van der Waals surface area contributed by atoms with E-state index in [4.69, 9.17) is 16.3 Å². The molecule has 1 heterocycles. The van der Waals surface area contributed by atoms with Crippen molar-refractivity contribution in [2.75, 3.05) is 18.2 Å². The third-order valence-electron chi connectivity index (χ3n) is 4.95. The van der Waals surface area contributed by atoms with Crippen LogP contribution in [0.4, 0.5) is 5.69 Å². The number of nitrogens with zero attached hydrogens (tertiary/aromatic N) is 3. The minimum Gasteiger partial charge on any atom is -0.497 e. The summed E-state index contributed by atoms with van der Waals surface area (Å²) in [5, 5.41) is 15.4. The number of nitrogens with one attached hydrogen (secondary N) is 2. The van der Waals surface area contributed by atoms with Crippen molar-refractivity contribution in [1.29, 1.82) is 0 Å². The third-order valence-corrected chi connectivity index (χ3v) is 6.15. The second kappa shape index (κ2) is 11.7. The number of amides is 2. The van der Waals surface area contributed by atoms with Crippen LogP contribution in [0.2, 0.25) is 5.02 Å². The summed E-state index contributed by atoms with van der Waals surface area (Å²) >= 11 is 7.28. The quantitative estimate of drug-likeness (QED) is 0.311. The standard InChI is InChI=1S/C24H26ClN5O3S/c1-5-12-30-22(16(3)26-23(32)17-7-10-19(33-4)11-8-17)28-29-24(30)34-14-21(31)27-20-13-18(25)9-6-15(20)2/h5-11,13,16H,1,12,14H2,2-4H3,(H,26,32)(H,27,31)/t16-/m0/s1. The topological polar surface area (TPSA) is 98.1 Å². The van der Waals surface area contributed by atoms with Gasteiger partial charge in [0.2, 0.25) is 5.91 Å². The van der Waals surface area contributed by atoms with E-state index in [0.717, 1.165) is 5.56 Å². The number of halogens is 1. The van der Waals surface area contributed by atoms with Crippen molar-refractivity contribution >= 4 is 40.9 Å². The normalized spacial score (nSPS) is 11.5. The highest BCUT2D eigenvalue weighted by molar-refractivity contribution is 7.99. The molecule has 2 aromatic carbocycles. The summed E-state index contributed by atoms with van der Waals surface area (Å²) in [6.45, 7) is 7.95. The molecular weight excluding hydrogens is 474 g/mol. The second-order valence-electron chi connectivity index (χ2n) is 7.46. The van der Waals surface area contributed by atoms with Gasteiger partial charge in [0.25, 0.3) is 5.91 Å². The maximum Gasteiger partial charge on any atom is 0.251 e. The summed E-state index contributed by atoms with van der Waals surface area (Å²) in [7, 11) is 1.57. The molecule has 3 aromatic rings. The molecule has 34 heavy (non-hydrogen) atoms. The van der Waals surface area contributed by atoms with Crippen molar-refractivity contribution in [3.05, 3.63) is 77.1 Å². The number of hydrogen-bond donors (Lipinski definition) is 2.